The van der Waals surface area contributed by atoms with Gasteiger partial charge in [-0.1, -0.05) is 44.7 Å². The SMILES string of the molecule is C=C(c1nc2ccccc2[nH]1)N1CC23CC2N(C(=O)[C@H](CC(C)C)NC(=O)c2cc4cccc(F)c4[nH]2)C[C@@]13C. The van der Waals surface area contributed by atoms with E-state index in [2.05, 4.69) is 33.7 Å². The smallest absolute Gasteiger partial charge is 0.268 e. The number of aromatic nitrogens is 3. The van der Waals surface area contributed by atoms with E-state index in [1.54, 1.807) is 18.2 Å². The summed E-state index contributed by atoms with van der Waals surface area (Å²) in [4.78, 5) is 42.5. The summed E-state index contributed by atoms with van der Waals surface area (Å²) in [5.74, 6) is 0.0605. The number of rotatable bonds is 7. The number of carbonyl (C=O) groups excluding carboxylic acids is 2. The van der Waals surface area contributed by atoms with Gasteiger partial charge in [0.05, 0.1) is 27.8 Å². The van der Waals surface area contributed by atoms with Crippen LogP contribution in [0, 0.1) is 17.2 Å². The number of hydrogen-bond acceptors (Lipinski definition) is 4. The Morgan fingerprint density at radius 2 is 1.98 bits per heavy atom. The molecule has 1 saturated carbocycles. The number of nitrogens with zero attached hydrogens (tertiary/aromatic N) is 3. The van der Waals surface area contributed by atoms with Crippen LogP contribution in [0.4, 0.5) is 4.39 Å². The van der Waals surface area contributed by atoms with E-state index in [1.165, 1.54) is 6.07 Å². The molecule has 4 aromatic rings. The van der Waals surface area contributed by atoms with Gasteiger partial charge in [0, 0.05) is 29.9 Å². The van der Waals surface area contributed by atoms with Crippen LogP contribution >= 0.6 is 0 Å². The molecule has 2 unspecified atom stereocenters. The molecule has 2 saturated heterocycles. The summed E-state index contributed by atoms with van der Waals surface area (Å²) in [6.07, 6.45) is 1.46. The van der Waals surface area contributed by atoms with Crippen LogP contribution in [0.15, 0.2) is 55.1 Å². The van der Waals surface area contributed by atoms with Crippen molar-refractivity contribution in [3.8, 4) is 0 Å². The first-order valence-electron chi connectivity index (χ1n) is 13.9. The molecule has 3 aliphatic rings. The summed E-state index contributed by atoms with van der Waals surface area (Å²) < 4.78 is 14.2. The molecular weight excluding hydrogens is 507 g/mol. The van der Waals surface area contributed by atoms with Crippen molar-refractivity contribution in [2.45, 2.75) is 51.2 Å². The number of likely N-dealkylation sites (tertiary alicyclic amines) is 2. The fourth-order valence-electron chi connectivity index (χ4n) is 7.15. The Morgan fingerprint density at radius 1 is 1.18 bits per heavy atom. The third-order valence-electron chi connectivity index (χ3n) is 9.43. The van der Waals surface area contributed by atoms with E-state index in [0.717, 1.165) is 35.5 Å². The van der Waals surface area contributed by atoms with E-state index in [9.17, 15) is 14.0 Å². The second-order valence-corrected chi connectivity index (χ2v) is 12.3. The van der Waals surface area contributed by atoms with E-state index in [0.29, 0.717) is 18.4 Å². The molecule has 8 nitrogen and oxygen atoms in total. The van der Waals surface area contributed by atoms with Crippen molar-refractivity contribution in [1.82, 2.24) is 30.1 Å². The number of imidazole rings is 1. The predicted molar refractivity (Wildman–Crippen MR) is 152 cm³/mol. The molecule has 4 heterocycles. The van der Waals surface area contributed by atoms with Gasteiger partial charge in [0.1, 0.15) is 17.6 Å². The van der Waals surface area contributed by atoms with Crippen molar-refractivity contribution in [2.75, 3.05) is 13.1 Å². The van der Waals surface area contributed by atoms with Crippen molar-refractivity contribution in [2.24, 2.45) is 11.3 Å². The van der Waals surface area contributed by atoms with Crippen LogP contribution < -0.4 is 5.32 Å². The van der Waals surface area contributed by atoms with Crippen LogP contribution in [-0.2, 0) is 4.79 Å². The highest BCUT2D eigenvalue weighted by Gasteiger charge is 2.81. The summed E-state index contributed by atoms with van der Waals surface area (Å²) >= 11 is 0. The van der Waals surface area contributed by atoms with Crippen LogP contribution in [0.25, 0.3) is 27.6 Å². The fourth-order valence-corrected chi connectivity index (χ4v) is 7.15. The maximum atomic E-state index is 14.2. The number of aromatic amines is 2. The number of fused-ring (bicyclic) bond motifs is 2. The number of amides is 2. The molecule has 3 N–H and O–H groups in total. The molecule has 2 aromatic carbocycles. The van der Waals surface area contributed by atoms with E-state index >= 15 is 0 Å². The summed E-state index contributed by atoms with van der Waals surface area (Å²) in [6, 6.07) is 13.7. The lowest BCUT2D eigenvalue weighted by molar-refractivity contribution is -0.134. The van der Waals surface area contributed by atoms with Crippen molar-refractivity contribution in [1.29, 1.82) is 0 Å². The third kappa shape index (κ3) is 3.46. The average Bonchev–Trinajstić information content (AvgIpc) is 3.23. The van der Waals surface area contributed by atoms with Crippen LogP contribution in [0.3, 0.4) is 0 Å². The summed E-state index contributed by atoms with van der Waals surface area (Å²) in [6.45, 7) is 12.1. The van der Waals surface area contributed by atoms with Crippen molar-refractivity contribution in [3.63, 3.8) is 0 Å². The largest absolute Gasteiger partial charge is 0.360 e. The second-order valence-electron chi connectivity index (χ2n) is 12.3. The lowest BCUT2D eigenvalue weighted by atomic mass is 9.73. The molecule has 0 bridgehead atoms. The quantitative estimate of drug-likeness (QED) is 0.317. The van der Waals surface area contributed by atoms with Gasteiger partial charge in [-0.2, -0.15) is 0 Å². The second kappa shape index (κ2) is 8.43. The molecule has 2 aromatic heterocycles. The standard InChI is InChI=1S/C31H33FN6O2/c1-17(2)12-24(36-28(39)23-13-19-8-7-9-20(32)26(19)33-23)29(40)37-15-30(4)31(14-25(31)37)16-38(30)18(3)27-34-21-10-5-6-11-22(21)35-27/h5-11,13,17,24-25,33H,3,12,14-16H2,1-2,4H3,(H,34,35)(H,36,39)/t24-,25?,30+,31?/m0/s1. The zero-order chi connectivity index (χ0) is 28.0. The molecule has 40 heavy (non-hydrogen) atoms. The monoisotopic (exact) mass is 540 g/mol. The Balaban J connectivity index is 1.10. The molecule has 1 spiro atoms. The highest BCUT2D eigenvalue weighted by atomic mass is 19.1. The van der Waals surface area contributed by atoms with E-state index < -0.39 is 17.8 Å². The zero-order valence-electron chi connectivity index (χ0n) is 22.9. The molecule has 7 rings (SSSR count). The van der Waals surface area contributed by atoms with Crippen LogP contribution in [0.5, 0.6) is 0 Å². The Kier molecular flexibility index (Phi) is 5.24. The zero-order valence-corrected chi connectivity index (χ0v) is 22.9. The predicted octanol–water partition coefficient (Wildman–Crippen LogP) is 4.67. The van der Waals surface area contributed by atoms with Gasteiger partial charge in [0.25, 0.3) is 5.91 Å². The lowest BCUT2D eigenvalue weighted by Gasteiger charge is -2.57. The number of H-pyrrole nitrogens is 2. The number of halogens is 1. The van der Waals surface area contributed by atoms with Crippen LogP contribution in [0.1, 0.15) is 49.9 Å². The van der Waals surface area contributed by atoms with Gasteiger partial charge >= 0.3 is 0 Å². The van der Waals surface area contributed by atoms with Gasteiger partial charge in [-0.3, -0.25) is 9.59 Å². The van der Waals surface area contributed by atoms with Gasteiger partial charge in [-0.25, -0.2) is 9.37 Å². The van der Waals surface area contributed by atoms with E-state index in [1.807, 2.05) is 43.0 Å². The molecular formula is C31H33FN6O2. The maximum Gasteiger partial charge on any atom is 0.268 e. The molecule has 206 valence electrons. The summed E-state index contributed by atoms with van der Waals surface area (Å²) in [5.41, 5.74) is 3.03. The minimum atomic E-state index is -0.672. The molecule has 1 aliphatic carbocycles. The Labute approximate surface area is 231 Å². The molecule has 2 amide bonds. The number of hydrogen-bond donors (Lipinski definition) is 3. The van der Waals surface area contributed by atoms with Crippen molar-refractivity contribution < 1.29 is 14.0 Å². The Bertz CT molecular complexity index is 1670. The number of benzene rings is 2. The third-order valence-corrected chi connectivity index (χ3v) is 9.43. The number of piperidine rings is 1. The van der Waals surface area contributed by atoms with Crippen molar-refractivity contribution in [3.05, 3.63) is 72.4 Å². The van der Waals surface area contributed by atoms with E-state index in [-0.39, 0.29) is 40.0 Å². The van der Waals surface area contributed by atoms with Crippen LogP contribution in [0.2, 0.25) is 0 Å². The maximum absolute atomic E-state index is 14.2. The number of carbonyl (C=O) groups is 2. The summed E-state index contributed by atoms with van der Waals surface area (Å²) in [7, 11) is 0. The molecule has 2 aliphatic heterocycles. The van der Waals surface area contributed by atoms with Gasteiger partial charge in [0.2, 0.25) is 5.91 Å². The first-order chi connectivity index (χ1) is 19.1. The van der Waals surface area contributed by atoms with Gasteiger partial charge < -0.3 is 25.1 Å². The van der Waals surface area contributed by atoms with Crippen LogP contribution in [-0.4, -0.2) is 67.3 Å². The highest BCUT2D eigenvalue weighted by Crippen LogP contribution is 2.71. The molecule has 0 radical (unpaired) electrons. The average molecular weight is 541 g/mol. The van der Waals surface area contributed by atoms with E-state index in [4.69, 9.17) is 4.98 Å². The Hall–Kier alpha value is -4.14. The fraction of sp³-hybridized carbons (Fsp3) is 0.387. The first kappa shape index (κ1) is 24.9. The molecule has 4 atom stereocenters. The normalized spacial score (nSPS) is 25.6. The minimum Gasteiger partial charge on any atom is -0.360 e. The van der Waals surface area contributed by atoms with Gasteiger partial charge in [-0.15, -0.1) is 0 Å². The molecule has 9 heteroatoms. The number of nitrogens with one attached hydrogen (secondary N) is 3. The highest BCUT2D eigenvalue weighted by molar-refractivity contribution is 6.00. The number of para-hydroxylation sites is 3. The van der Waals surface area contributed by atoms with Crippen molar-refractivity contribution >= 4 is 39.4 Å². The first-order valence-corrected chi connectivity index (χ1v) is 13.9. The van der Waals surface area contributed by atoms with Gasteiger partial charge in [-0.05, 0) is 49.9 Å². The lowest BCUT2D eigenvalue weighted by Crippen LogP contribution is -2.67. The topological polar surface area (TPSA) is 97.1 Å². The Morgan fingerprint density at radius 3 is 2.73 bits per heavy atom. The summed E-state index contributed by atoms with van der Waals surface area (Å²) in [5, 5.41) is 3.58. The molecule has 3 fully saturated rings. The minimum absolute atomic E-state index is 0.0404. The van der Waals surface area contributed by atoms with Gasteiger partial charge in [0.15, 0.2) is 5.82 Å².